The molecule has 2 heterocycles. The van der Waals surface area contributed by atoms with E-state index in [1.165, 1.54) is 17.4 Å². The summed E-state index contributed by atoms with van der Waals surface area (Å²) < 4.78 is 14.2. The number of likely N-dealkylation sites (tertiary alicyclic amines) is 1. The smallest absolute Gasteiger partial charge is 0.223 e. The molecule has 0 N–H and O–H groups in total. The van der Waals surface area contributed by atoms with Crippen LogP contribution in [0.3, 0.4) is 0 Å². The van der Waals surface area contributed by atoms with Crippen LogP contribution in [-0.4, -0.2) is 34.1 Å². The van der Waals surface area contributed by atoms with Crippen molar-refractivity contribution < 1.29 is 9.18 Å². The van der Waals surface area contributed by atoms with Gasteiger partial charge in [-0.15, -0.1) is 10.2 Å². The van der Waals surface area contributed by atoms with Crippen LogP contribution in [0.1, 0.15) is 47.2 Å². The number of aromatic nitrogens is 2. The molecule has 4 nitrogen and oxygen atoms in total. The van der Waals surface area contributed by atoms with Crippen LogP contribution in [0.2, 0.25) is 0 Å². The van der Waals surface area contributed by atoms with Crippen LogP contribution in [0.25, 0.3) is 10.6 Å². The molecule has 0 saturated carbocycles. The van der Waals surface area contributed by atoms with Crippen LogP contribution in [0.4, 0.5) is 4.39 Å². The zero-order valence-electron chi connectivity index (χ0n) is 18.8. The molecule has 172 valence electrons. The largest absolute Gasteiger partial charge is 0.342 e. The third-order valence-electron chi connectivity index (χ3n) is 6.45. The van der Waals surface area contributed by atoms with Crippen molar-refractivity contribution in [3.63, 3.8) is 0 Å². The van der Waals surface area contributed by atoms with Gasteiger partial charge in [-0.25, -0.2) is 4.39 Å². The maximum absolute atomic E-state index is 14.2. The van der Waals surface area contributed by atoms with Crippen LogP contribution in [-0.2, 0) is 4.79 Å². The summed E-state index contributed by atoms with van der Waals surface area (Å²) in [4.78, 5) is 15.4. The van der Waals surface area contributed by atoms with Gasteiger partial charge in [0.2, 0.25) is 5.91 Å². The number of hydrogen-bond acceptors (Lipinski definition) is 4. The van der Waals surface area contributed by atoms with Crippen LogP contribution in [0.5, 0.6) is 0 Å². The first-order valence-electron chi connectivity index (χ1n) is 11.6. The molecule has 1 aliphatic rings. The summed E-state index contributed by atoms with van der Waals surface area (Å²) in [5.74, 6) is 0.00634. The van der Waals surface area contributed by atoms with Crippen LogP contribution < -0.4 is 0 Å². The van der Waals surface area contributed by atoms with E-state index in [0.717, 1.165) is 35.5 Å². The Morgan fingerprint density at radius 2 is 1.59 bits per heavy atom. The van der Waals surface area contributed by atoms with Crippen molar-refractivity contribution in [3.05, 3.63) is 107 Å². The number of carbonyl (C=O) groups excluding carboxylic acids is 1. The first-order chi connectivity index (χ1) is 16.7. The topological polar surface area (TPSA) is 46.1 Å². The number of hydrogen-bond donors (Lipinski definition) is 0. The molecule has 1 amide bonds. The molecule has 1 aliphatic heterocycles. The van der Waals surface area contributed by atoms with Crippen molar-refractivity contribution >= 4 is 17.2 Å². The zero-order valence-corrected chi connectivity index (χ0v) is 19.6. The molecule has 1 aromatic heterocycles. The predicted octanol–water partition coefficient (Wildman–Crippen LogP) is 6.27. The standard InChI is InChI=1S/C28H26FN3OS/c29-25-16-8-7-15-23(25)28-31-30-27(34-28)22-14-9-17-32(19-22)26(33)18-24(20-10-3-1-4-11-20)21-12-5-2-6-13-21/h1-8,10-13,15-16,22,24H,9,14,17-19H2. The molecular weight excluding hydrogens is 445 g/mol. The van der Waals surface area contributed by atoms with Gasteiger partial charge in [0.15, 0.2) is 5.01 Å². The Balaban J connectivity index is 1.32. The Morgan fingerprint density at radius 1 is 0.941 bits per heavy atom. The number of benzene rings is 3. The van der Waals surface area contributed by atoms with Gasteiger partial charge in [0.05, 0.1) is 0 Å². The van der Waals surface area contributed by atoms with Gasteiger partial charge in [-0.3, -0.25) is 4.79 Å². The van der Waals surface area contributed by atoms with E-state index in [1.807, 2.05) is 41.3 Å². The van der Waals surface area contributed by atoms with Crippen molar-refractivity contribution in [1.29, 1.82) is 0 Å². The van der Waals surface area contributed by atoms with E-state index in [9.17, 15) is 9.18 Å². The molecule has 6 heteroatoms. The highest BCUT2D eigenvalue weighted by atomic mass is 32.1. The van der Waals surface area contributed by atoms with E-state index < -0.39 is 0 Å². The maximum Gasteiger partial charge on any atom is 0.223 e. The second-order valence-electron chi connectivity index (χ2n) is 8.68. The molecule has 0 radical (unpaired) electrons. The lowest BCUT2D eigenvalue weighted by Crippen LogP contribution is -2.39. The number of amides is 1. The van der Waals surface area contributed by atoms with Gasteiger partial charge < -0.3 is 4.90 Å². The molecule has 0 bridgehead atoms. The average molecular weight is 472 g/mol. The van der Waals surface area contributed by atoms with Gasteiger partial charge >= 0.3 is 0 Å². The Bertz CT molecular complexity index is 1210. The van der Waals surface area contributed by atoms with E-state index in [1.54, 1.807) is 18.2 Å². The molecule has 1 atom stereocenters. The Labute approximate surface area is 203 Å². The third-order valence-corrected chi connectivity index (χ3v) is 7.57. The maximum atomic E-state index is 14.2. The number of nitrogens with zero attached hydrogens (tertiary/aromatic N) is 3. The van der Waals surface area contributed by atoms with E-state index in [-0.39, 0.29) is 23.6 Å². The monoisotopic (exact) mass is 471 g/mol. The Kier molecular flexibility index (Phi) is 6.77. The van der Waals surface area contributed by atoms with Gasteiger partial charge in [0.1, 0.15) is 10.8 Å². The van der Waals surface area contributed by atoms with E-state index in [0.29, 0.717) is 23.5 Å². The van der Waals surface area contributed by atoms with Gasteiger partial charge in [-0.05, 0) is 36.1 Å². The number of rotatable bonds is 6. The van der Waals surface area contributed by atoms with Gasteiger partial charge in [0.25, 0.3) is 0 Å². The fourth-order valence-corrected chi connectivity index (χ4v) is 5.65. The minimum absolute atomic E-state index is 0.0180. The minimum atomic E-state index is -0.293. The average Bonchev–Trinajstić information content (AvgIpc) is 3.39. The van der Waals surface area contributed by atoms with Crippen molar-refractivity contribution in [2.45, 2.75) is 31.1 Å². The van der Waals surface area contributed by atoms with Gasteiger partial charge in [-0.2, -0.15) is 0 Å². The third kappa shape index (κ3) is 4.92. The summed E-state index contributed by atoms with van der Waals surface area (Å²) >= 11 is 1.43. The Hall–Kier alpha value is -3.38. The van der Waals surface area contributed by atoms with E-state index in [2.05, 4.69) is 34.5 Å². The summed E-state index contributed by atoms with van der Waals surface area (Å²) in [7, 11) is 0. The molecule has 3 aromatic carbocycles. The molecule has 0 aliphatic carbocycles. The van der Waals surface area contributed by atoms with Crippen molar-refractivity contribution in [2.75, 3.05) is 13.1 Å². The summed E-state index contributed by atoms with van der Waals surface area (Å²) in [6.07, 6.45) is 2.31. The summed E-state index contributed by atoms with van der Waals surface area (Å²) in [5, 5.41) is 10.1. The summed E-state index contributed by atoms with van der Waals surface area (Å²) in [6.45, 7) is 1.38. The lowest BCUT2D eigenvalue weighted by Gasteiger charge is -2.33. The number of piperidine rings is 1. The fraction of sp³-hybridized carbons (Fsp3) is 0.250. The van der Waals surface area contributed by atoms with Crippen LogP contribution >= 0.6 is 11.3 Å². The molecule has 1 unspecified atom stereocenters. The molecule has 0 spiro atoms. The number of halogens is 1. The molecule has 1 saturated heterocycles. The Morgan fingerprint density at radius 3 is 2.26 bits per heavy atom. The highest BCUT2D eigenvalue weighted by molar-refractivity contribution is 7.14. The summed E-state index contributed by atoms with van der Waals surface area (Å²) in [6, 6.07) is 27.1. The van der Waals surface area contributed by atoms with Crippen LogP contribution in [0.15, 0.2) is 84.9 Å². The highest BCUT2D eigenvalue weighted by Crippen LogP contribution is 2.35. The molecule has 5 rings (SSSR count). The van der Waals surface area contributed by atoms with E-state index in [4.69, 9.17) is 0 Å². The van der Waals surface area contributed by atoms with Crippen molar-refractivity contribution in [3.8, 4) is 10.6 Å². The van der Waals surface area contributed by atoms with Crippen LogP contribution in [0, 0.1) is 5.82 Å². The zero-order chi connectivity index (χ0) is 23.3. The molecular formula is C28H26FN3OS. The normalized spacial score (nSPS) is 16.1. The SMILES string of the molecule is O=C(CC(c1ccccc1)c1ccccc1)N1CCCC(c2nnc(-c3ccccc3F)s2)C1. The van der Waals surface area contributed by atoms with Crippen molar-refractivity contribution in [1.82, 2.24) is 15.1 Å². The first-order valence-corrected chi connectivity index (χ1v) is 12.5. The lowest BCUT2D eigenvalue weighted by atomic mass is 9.87. The molecule has 34 heavy (non-hydrogen) atoms. The second kappa shape index (κ2) is 10.3. The fourth-order valence-electron chi connectivity index (χ4n) is 4.65. The molecule has 4 aromatic rings. The second-order valence-corrected chi connectivity index (χ2v) is 9.69. The number of carbonyl (C=O) groups is 1. The van der Waals surface area contributed by atoms with Gasteiger partial charge in [-0.1, -0.05) is 84.1 Å². The summed E-state index contributed by atoms with van der Waals surface area (Å²) in [5.41, 5.74) is 2.77. The minimum Gasteiger partial charge on any atom is -0.342 e. The van der Waals surface area contributed by atoms with Gasteiger partial charge in [0, 0.05) is 36.9 Å². The highest BCUT2D eigenvalue weighted by Gasteiger charge is 2.29. The molecule has 1 fully saturated rings. The lowest BCUT2D eigenvalue weighted by molar-refractivity contribution is -0.132. The first kappa shape index (κ1) is 22.4. The van der Waals surface area contributed by atoms with E-state index >= 15 is 0 Å². The van der Waals surface area contributed by atoms with Crippen molar-refractivity contribution in [2.24, 2.45) is 0 Å². The predicted molar refractivity (Wildman–Crippen MR) is 133 cm³/mol. The quantitative estimate of drug-likeness (QED) is 0.333.